The highest BCUT2D eigenvalue weighted by Crippen LogP contribution is 2.45. The second-order valence-electron chi connectivity index (χ2n) is 3.31. The highest BCUT2D eigenvalue weighted by molar-refractivity contribution is 8.14. The summed E-state index contributed by atoms with van der Waals surface area (Å²) < 4.78 is 0. The van der Waals surface area contributed by atoms with Crippen LogP contribution in [0, 0.1) is 5.92 Å². The summed E-state index contributed by atoms with van der Waals surface area (Å²) >= 11 is 1.76. The van der Waals surface area contributed by atoms with Crippen molar-refractivity contribution >= 4 is 22.9 Å². The molecule has 2 atom stereocenters. The number of carbonyl (C=O) groups excluding carboxylic acids is 1. The maximum absolute atomic E-state index is 10.7. The van der Waals surface area contributed by atoms with Crippen molar-refractivity contribution in [1.29, 1.82) is 0 Å². The molecule has 13 heavy (non-hydrogen) atoms. The molecule has 1 aliphatic carbocycles. The van der Waals surface area contributed by atoms with Gasteiger partial charge in [-0.3, -0.25) is 4.84 Å². The Morgan fingerprint density at radius 2 is 2.54 bits per heavy atom. The number of nitrogens with one attached hydrogen (secondary N) is 1. The molecule has 4 nitrogen and oxygen atoms in total. The number of rotatable bonds is 1. The zero-order valence-corrected chi connectivity index (χ0v) is 8.26. The fourth-order valence-electron chi connectivity index (χ4n) is 1.77. The van der Waals surface area contributed by atoms with Gasteiger partial charge in [-0.15, -0.1) is 11.8 Å². The van der Waals surface area contributed by atoms with Crippen molar-refractivity contribution in [2.45, 2.75) is 24.5 Å². The average Bonchev–Trinajstić information content (AvgIpc) is 2.74. The fraction of sp³-hybridized carbons (Fsp3) is 0.750. The monoisotopic (exact) mass is 200 g/mol. The van der Waals surface area contributed by atoms with Gasteiger partial charge in [0.15, 0.2) is 0 Å². The minimum atomic E-state index is -0.490. The number of thioether (sulfide) groups is 1. The normalized spacial score (nSPS) is 33.8. The number of carbonyl (C=O) groups is 1. The van der Waals surface area contributed by atoms with E-state index in [9.17, 15) is 4.79 Å². The summed E-state index contributed by atoms with van der Waals surface area (Å²) in [5, 5.41) is 7.92. The summed E-state index contributed by atoms with van der Waals surface area (Å²) in [6, 6.07) is 0. The molecule has 0 aromatic heterocycles. The Hall–Kier alpha value is -0.710. The third kappa shape index (κ3) is 1.80. The molecule has 2 bridgehead atoms. The Bertz CT molecular complexity index is 255. The molecular formula is C8H12N2O2S. The van der Waals surface area contributed by atoms with E-state index in [0.717, 1.165) is 10.3 Å². The summed E-state index contributed by atoms with van der Waals surface area (Å²) in [6.45, 7) is 0. The van der Waals surface area contributed by atoms with Crippen molar-refractivity contribution in [3.05, 3.63) is 0 Å². The molecule has 1 heterocycles. The predicted octanol–water partition coefficient (Wildman–Crippen LogP) is 1.57. The van der Waals surface area contributed by atoms with Gasteiger partial charge in [0.2, 0.25) is 0 Å². The zero-order chi connectivity index (χ0) is 9.26. The second kappa shape index (κ2) is 3.57. The first-order chi connectivity index (χ1) is 6.29. The minimum Gasteiger partial charge on any atom is -0.323 e. The van der Waals surface area contributed by atoms with Crippen LogP contribution in [0.1, 0.15) is 19.3 Å². The molecule has 1 N–H and O–H groups in total. The SMILES string of the molecule is CNC(=O)O/N=C1/SC2CCC1C2. The molecule has 2 fully saturated rings. The van der Waals surface area contributed by atoms with E-state index in [1.165, 1.54) is 26.3 Å². The molecule has 1 aliphatic heterocycles. The Morgan fingerprint density at radius 1 is 1.69 bits per heavy atom. The Morgan fingerprint density at radius 3 is 3.08 bits per heavy atom. The summed E-state index contributed by atoms with van der Waals surface area (Å²) in [7, 11) is 1.52. The van der Waals surface area contributed by atoms with Crippen molar-refractivity contribution in [2.24, 2.45) is 11.1 Å². The van der Waals surface area contributed by atoms with Gasteiger partial charge < -0.3 is 5.32 Å². The average molecular weight is 200 g/mol. The molecule has 1 saturated heterocycles. The molecule has 0 spiro atoms. The van der Waals surface area contributed by atoms with E-state index >= 15 is 0 Å². The lowest BCUT2D eigenvalue weighted by molar-refractivity contribution is 0.153. The zero-order valence-electron chi connectivity index (χ0n) is 7.45. The van der Waals surface area contributed by atoms with Gasteiger partial charge in [-0.2, -0.15) is 0 Å². The van der Waals surface area contributed by atoms with Crippen molar-refractivity contribution in [3.63, 3.8) is 0 Å². The quantitative estimate of drug-likeness (QED) is 0.516. The molecular weight excluding hydrogens is 188 g/mol. The van der Waals surface area contributed by atoms with Crippen LogP contribution in [0.3, 0.4) is 0 Å². The van der Waals surface area contributed by atoms with Crippen molar-refractivity contribution in [3.8, 4) is 0 Å². The van der Waals surface area contributed by atoms with E-state index in [1.807, 2.05) is 0 Å². The first-order valence-corrected chi connectivity index (χ1v) is 5.31. The highest BCUT2D eigenvalue weighted by Gasteiger charge is 2.38. The fourth-order valence-corrected chi connectivity index (χ4v) is 3.18. The van der Waals surface area contributed by atoms with Gasteiger partial charge in [0.1, 0.15) is 5.04 Å². The van der Waals surface area contributed by atoms with E-state index in [0.29, 0.717) is 5.92 Å². The number of oxime groups is 1. The Balaban J connectivity index is 1.91. The van der Waals surface area contributed by atoms with E-state index in [-0.39, 0.29) is 0 Å². The highest BCUT2D eigenvalue weighted by atomic mass is 32.2. The minimum absolute atomic E-state index is 0.490. The van der Waals surface area contributed by atoms with Crippen LogP contribution >= 0.6 is 11.8 Å². The van der Waals surface area contributed by atoms with Crippen molar-refractivity contribution in [1.82, 2.24) is 5.32 Å². The van der Waals surface area contributed by atoms with Crippen LogP contribution in [0.25, 0.3) is 0 Å². The Labute approximate surface area is 81.1 Å². The van der Waals surface area contributed by atoms with Gasteiger partial charge in [0, 0.05) is 18.2 Å². The van der Waals surface area contributed by atoms with Gasteiger partial charge in [0.05, 0.1) is 0 Å². The molecule has 2 unspecified atom stereocenters. The van der Waals surface area contributed by atoms with Gasteiger partial charge in [-0.1, -0.05) is 5.16 Å². The van der Waals surface area contributed by atoms with Crippen LogP contribution in [0.2, 0.25) is 0 Å². The molecule has 0 aromatic rings. The van der Waals surface area contributed by atoms with Crippen LogP contribution in [-0.4, -0.2) is 23.4 Å². The lowest BCUT2D eigenvalue weighted by atomic mass is 10.1. The largest absolute Gasteiger partial charge is 0.433 e. The van der Waals surface area contributed by atoms with Crippen molar-refractivity contribution in [2.75, 3.05) is 7.05 Å². The maximum Gasteiger partial charge on any atom is 0.433 e. The van der Waals surface area contributed by atoms with Crippen LogP contribution in [0.5, 0.6) is 0 Å². The van der Waals surface area contributed by atoms with Crippen LogP contribution in [-0.2, 0) is 4.84 Å². The van der Waals surface area contributed by atoms with Gasteiger partial charge in [-0.05, 0) is 19.3 Å². The van der Waals surface area contributed by atoms with Gasteiger partial charge in [-0.25, -0.2) is 4.79 Å². The number of hydrogen-bond donors (Lipinski definition) is 1. The van der Waals surface area contributed by atoms with E-state index in [4.69, 9.17) is 0 Å². The van der Waals surface area contributed by atoms with Crippen molar-refractivity contribution < 1.29 is 9.63 Å². The standard InChI is InChI=1S/C8H12N2O2S/c1-9-8(11)12-10-7-5-2-3-6(4-5)13-7/h5-6H,2-4H2,1H3,(H,9,11)/b10-7+. The summed E-state index contributed by atoms with van der Waals surface area (Å²) in [5.41, 5.74) is 0. The number of fused-ring (bicyclic) bond motifs is 2. The van der Waals surface area contributed by atoms with Gasteiger partial charge >= 0.3 is 6.09 Å². The predicted molar refractivity (Wildman–Crippen MR) is 51.7 cm³/mol. The van der Waals surface area contributed by atoms with E-state index < -0.39 is 6.09 Å². The molecule has 1 amide bonds. The summed E-state index contributed by atoms with van der Waals surface area (Å²) in [6.07, 6.45) is 3.21. The third-order valence-electron chi connectivity index (χ3n) is 2.44. The summed E-state index contributed by atoms with van der Waals surface area (Å²) in [4.78, 5) is 15.4. The third-order valence-corrected chi connectivity index (χ3v) is 3.85. The second-order valence-corrected chi connectivity index (χ2v) is 4.63. The molecule has 2 aliphatic rings. The van der Waals surface area contributed by atoms with Crippen LogP contribution < -0.4 is 5.32 Å². The smallest absolute Gasteiger partial charge is 0.323 e. The van der Waals surface area contributed by atoms with E-state index in [2.05, 4.69) is 15.3 Å². The Kier molecular flexibility index (Phi) is 2.44. The molecule has 1 saturated carbocycles. The number of nitrogens with zero attached hydrogens (tertiary/aromatic N) is 1. The first kappa shape index (κ1) is 8.87. The maximum atomic E-state index is 10.7. The topological polar surface area (TPSA) is 50.7 Å². The van der Waals surface area contributed by atoms with Crippen LogP contribution in [0.15, 0.2) is 5.16 Å². The number of amides is 1. The van der Waals surface area contributed by atoms with Gasteiger partial charge in [0.25, 0.3) is 0 Å². The molecule has 0 aromatic carbocycles. The molecule has 0 radical (unpaired) electrons. The molecule has 2 rings (SSSR count). The van der Waals surface area contributed by atoms with E-state index in [1.54, 1.807) is 11.8 Å². The molecule has 5 heteroatoms. The lowest BCUT2D eigenvalue weighted by Crippen LogP contribution is -2.18. The number of hydrogen-bond acceptors (Lipinski definition) is 4. The summed E-state index contributed by atoms with van der Waals surface area (Å²) in [5.74, 6) is 0.555. The van der Waals surface area contributed by atoms with Crippen LogP contribution in [0.4, 0.5) is 4.79 Å². The lowest BCUT2D eigenvalue weighted by Gasteiger charge is -2.09. The molecule has 72 valence electrons. The first-order valence-electron chi connectivity index (χ1n) is 4.43.